The summed E-state index contributed by atoms with van der Waals surface area (Å²) in [6.07, 6.45) is 6.49. The molecule has 0 aromatic carbocycles. The average Bonchev–Trinajstić information content (AvgIpc) is 3.23. The van der Waals surface area contributed by atoms with Crippen LogP contribution in [0.4, 0.5) is 5.82 Å². The monoisotopic (exact) mass is 485 g/mol. The number of hydrogen-bond donors (Lipinski definition) is 2. The van der Waals surface area contributed by atoms with E-state index < -0.39 is 0 Å². The number of aliphatic imine (C=N–C) groups is 1. The molecule has 27 heavy (non-hydrogen) atoms. The molecule has 0 atom stereocenters. The second-order valence-electron chi connectivity index (χ2n) is 5.75. The van der Waals surface area contributed by atoms with Gasteiger partial charge in [-0.1, -0.05) is 0 Å². The minimum absolute atomic E-state index is 0. The van der Waals surface area contributed by atoms with Crippen molar-refractivity contribution in [3.8, 4) is 0 Å². The first-order chi connectivity index (χ1) is 12.8. The lowest BCUT2D eigenvalue weighted by molar-refractivity contribution is 0.0658. The van der Waals surface area contributed by atoms with Gasteiger partial charge in [0.1, 0.15) is 5.82 Å². The second kappa shape index (κ2) is 10.7. The predicted octanol–water partition coefficient (Wildman–Crippen LogP) is 1.13. The van der Waals surface area contributed by atoms with Gasteiger partial charge in [0.15, 0.2) is 11.7 Å². The van der Waals surface area contributed by atoms with E-state index in [-0.39, 0.29) is 29.9 Å². The number of guanidine groups is 1. The van der Waals surface area contributed by atoms with E-state index in [4.69, 9.17) is 4.42 Å². The molecule has 0 unspecified atom stereocenters. The molecular formula is C17H24IN7O2. The maximum absolute atomic E-state index is 12.3. The third-order valence-electron chi connectivity index (χ3n) is 4.09. The van der Waals surface area contributed by atoms with E-state index in [1.165, 1.54) is 6.26 Å². The Morgan fingerprint density at radius 3 is 2.63 bits per heavy atom. The molecular weight excluding hydrogens is 461 g/mol. The summed E-state index contributed by atoms with van der Waals surface area (Å²) in [5.74, 6) is 1.90. The Labute approximate surface area is 175 Å². The van der Waals surface area contributed by atoms with E-state index in [9.17, 15) is 4.79 Å². The molecule has 1 aliphatic heterocycles. The Morgan fingerprint density at radius 1 is 1.22 bits per heavy atom. The number of furan rings is 1. The van der Waals surface area contributed by atoms with E-state index in [0.717, 1.165) is 24.9 Å². The van der Waals surface area contributed by atoms with E-state index in [2.05, 4.69) is 30.5 Å². The maximum Gasteiger partial charge on any atom is 0.289 e. The Balaban J connectivity index is 0.00000261. The van der Waals surface area contributed by atoms with Crippen LogP contribution in [0.15, 0.2) is 46.4 Å². The van der Waals surface area contributed by atoms with Gasteiger partial charge in [-0.15, -0.1) is 24.0 Å². The number of rotatable bonds is 5. The molecule has 146 valence electrons. The molecule has 0 spiro atoms. The van der Waals surface area contributed by atoms with Gasteiger partial charge in [-0.3, -0.25) is 14.8 Å². The first-order valence-electron chi connectivity index (χ1n) is 8.56. The Morgan fingerprint density at radius 2 is 2.00 bits per heavy atom. The van der Waals surface area contributed by atoms with Gasteiger partial charge in [0.05, 0.1) is 12.5 Å². The summed E-state index contributed by atoms with van der Waals surface area (Å²) in [7, 11) is 1.76. The first-order valence-corrected chi connectivity index (χ1v) is 8.56. The lowest BCUT2D eigenvalue weighted by Gasteiger charge is -2.36. The van der Waals surface area contributed by atoms with Crippen molar-refractivity contribution in [1.29, 1.82) is 0 Å². The van der Waals surface area contributed by atoms with Crippen molar-refractivity contribution in [1.82, 2.24) is 25.1 Å². The zero-order valence-electron chi connectivity index (χ0n) is 15.2. The molecule has 0 aliphatic carbocycles. The number of nitrogens with one attached hydrogen (secondary N) is 2. The highest BCUT2D eigenvalue weighted by Crippen LogP contribution is 2.09. The number of aromatic nitrogens is 2. The largest absolute Gasteiger partial charge is 0.459 e. The third kappa shape index (κ3) is 5.81. The summed E-state index contributed by atoms with van der Waals surface area (Å²) in [5, 5.41) is 6.52. The molecule has 2 aromatic heterocycles. The lowest BCUT2D eigenvalue weighted by atomic mass is 10.3. The van der Waals surface area contributed by atoms with Crippen LogP contribution in [-0.4, -0.2) is 78.0 Å². The van der Waals surface area contributed by atoms with Gasteiger partial charge in [-0.05, 0) is 12.1 Å². The average molecular weight is 485 g/mol. The summed E-state index contributed by atoms with van der Waals surface area (Å²) >= 11 is 0. The molecule has 1 aliphatic rings. The van der Waals surface area contributed by atoms with Crippen molar-refractivity contribution >= 4 is 41.7 Å². The van der Waals surface area contributed by atoms with Crippen LogP contribution >= 0.6 is 24.0 Å². The molecule has 3 rings (SSSR count). The van der Waals surface area contributed by atoms with Gasteiger partial charge >= 0.3 is 0 Å². The fourth-order valence-electron chi connectivity index (χ4n) is 2.76. The maximum atomic E-state index is 12.3. The van der Waals surface area contributed by atoms with Crippen LogP contribution in [0.2, 0.25) is 0 Å². The van der Waals surface area contributed by atoms with Crippen molar-refractivity contribution in [2.45, 2.75) is 0 Å². The number of carbonyl (C=O) groups is 1. The van der Waals surface area contributed by atoms with E-state index >= 15 is 0 Å². The number of hydrogen-bond acceptors (Lipinski definition) is 6. The fourth-order valence-corrected chi connectivity index (χ4v) is 2.76. The molecule has 1 amide bonds. The van der Waals surface area contributed by atoms with Crippen LogP contribution in [-0.2, 0) is 0 Å². The van der Waals surface area contributed by atoms with Crippen molar-refractivity contribution in [3.05, 3.63) is 42.7 Å². The molecule has 0 bridgehead atoms. The highest BCUT2D eigenvalue weighted by molar-refractivity contribution is 14.0. The summed E-state index contributed by atoms with van der Waals surface area (Å²) in [6.45, 7) is 4.13. The van der Waals surface area contributed by atoms with Crippen LogP contribution in [0, 0.1) is 0 Å². The molecule has 1 saturated heterocycles. The number of amides is 1. The first kappa shape index (κ1) is 20.9. The van der Waals surface area contributed by atoms with Crippen molar-refractivity contribution < 1.29 is 9.21 Å². The zero-order valence-corrected chi connectivity index (χ0v) is 17.5. The normalized spacial score (nSPS) is 14.5. The SMILES string of the molecule is CN=C(NCCNc1cnccn1)N1CCN(C(=O)c2ccco2)CC1.I. The van der Waals surface area contributed by atoms with Gasteiger partial charge in [0.25, 0.3) is 5.91 Å². The molecule has 9 nitrogen and oxygen atoms in total. The minimum Gasteiger partial charge on any atom is -0.459 e. The highest BCUT2D eigenvalue weighted by atomic mass is 127. The van der Waals surface area contributed by atoms with Crippen LogP contribution in [0.3, 0.4) is 0 Å². The number of nitrogens with zero attached hydrogens (tertiary/aromatic N) is 5. The molecule has 2 N–H and O–H groups in total. The van der Waals surface area contributed by atoms with Crippen molar-refractivity contribution in [2.24, 2.45) is 4.99 Å². The highest BCUT2D eigenvalue weighted by Gasteiger charge is 2.24. The second-order valence-corrected chi connectivity index (χ2v) is 5.75. The van der Waals surface area contributed by atoms with Crippen LogP contribution in [0.5, 0.6) is 0 Å². The molecule has 0 radical (unpaired) electrons. The number of halogens is 1. The van der Waals surface area contributed by atoms with Crippen LogP contribution < -0.4 is 10.6 Å². The summed E-state index contributed by atoms with van der Waals surface area (Å²) in [6, 6.07) is 3.42. The van der Waals surface area contributed by atoms with Gasteiger partial charge in [-0.2, -0.15) is 0 Å². The molecule has 10 heteroatoms. The summed E-state index contributed by atoms with van der Waals surface area (Å²) in [5.41, 5.74) is 0. The van der Waals surface area contributed by atoms with Crippen LogP contribution in [0.25, 0.3) is 0 Å². The Kier molecular flexibility index (Phi) is 8.30. The molecule has 3 heterocycles. The van der Waals surface area contributed by atoms with Crippen molar-refractivity contribution in [2.75, 3.05) is 51.6 Å². The predicted molar refractivity (Wildman–Crippen MR) is 113 cm³/mol. The smallest absolute Gasteiger partial charge is 0.289 e. The molecule has 2 aromatic rings. The Bertz CT molecular complexity index is 716. The zero-order chi connectivity index (χ0) is 18.2. The van der Waals surface area contributed by atoms with Crippen molar-refractivity contribution in [3.63, 3.8) is 0 Å². The number of piperazine rings is 1. The quantitative estimate of drug-likeness (QED) is 0.284. The molecule has 1 fully saturated rings. The fraction of sp³-hybridized carbons (Fsp3) is 0.412. The van der Waals surface area contributed by atoms with E-state index in [0.29, 0.717) is 31.9 Å². The number of carbonyl (C=O) groups excluding carboxylic acids is 1. The summed E-state index contributed by atoms with van der Waals surface area (Å²) in [4.78, 5) is 28.8. The molecule has 0 saturated carbocycles. The minimum atomic E-state index is -0.0641. The third-order valence-corrected chi connectivity index (χ3v) is 4.09. The lowest BCUT2D eigenvalue weighted by Crippen LogP contribution is -2.54. The standard InChI is InChI=1S/C17H23N7O2.HI/c1-18-17(22-7-6-21-15-13-19-4-5-20-15)24-10-8-23(9-11-24)16(25)14-3-2-12-26-14;/h2-5,12-13H,6-11H2,1H3,(H,18,22)(H,20,21);1H. The van der Waals surface area contributed by atoms with Gasteiger partial charge < -0.3 is 24.9 Å². The van der Waals surface area contributed by atoms with E-state index in [1.54, 1.807) is 42.7 Å². The number of anilines is 1. The Hall–Kier alpha value is -2.37. The van der Waals surface area contributed by atoms with Gasteiger partial charge in [-0.25, -0.2) is 4.98 Å². The van der Waals surface area contributed by atoms with E-state index in [1.807, 2.05) is 0 Å². The van der Waals surface area contributed by atoms with Gasteiger partial charge in [0.2, 0.25) is 0 Å². The van der Waals surface area contributed by atoms with Crippen LogP contribution in [0.1, 0.15) is 10.6 Å². The van der Waals surface area contributed by atoms with Gasteiger partial charge in [0, 0.05) is 58.7 Å². The topological polar surface area (TPSA) is 98.9 Å². The summed E-state index contributed by atoms with van der Waals surface area (Å²) < 4.78 is 5.19.